The van der Waals surface area contributed by atoms with E-state index >= 15 is 0 Å². The van der Waals surface area contributed by atoms with Crippen LogP contribution in [0.2, 0.25) is 0 Å². The molecule has 0 aromatic carbocycles. The first-order valence-electron chi connectivity index (χ1n) is 22.6. The zero-order valence-electron chi connectivity index (χ0n) is 39.9. The molecule has 20 nitrogen and oxygen atoms in total. The molecule has 0 saturated heterocycles. The Kier molecular flexibility index (Phi) is 19.1. The molecule has 5 atom stereocenters. The summed E-state index contributed by atoms with van der Waals surface area (Å²) in [4.78, 5) is 103. The van der Waals surface area contributed by atoms with E-state index in [-0.39, 0.29) is 73.8 Å². The number of H-pyrrole nitrogens is 2. The minimum Gasteiger partial charge on any atom is -0.481 e. The molecule has 5 unspecified atom stereocenters. The monoisotopic (exact) mass is 962 g/mol. The Hall–Kier alpha value is -6.48. The third-order valence-electron chi connectivity index (χ3n) is 12.4. The fourth-order valence-electron chi connectivity index (χ4n) is 8.43. The van der Waals surface area contributed by atoms with Crippen LogP contribution in [0.25, 0.3) is 12.2 Å². The molecule has 2 aliphatic rings. The maximum absolute atomic E-state index is 13.4. The highest BCUT2D eigenvalue weighted by Crippen LogP contribution is 2.32. The van der Waals surface area contributed by atoms with Crippen molar-refractivity contribution in [2.24, 2.45) is 33.1 Å². The van der Waals surface area contributed by atoms with E-state index in [1.165, 1.54) is 11.8 Å². The number of amides is 4. The number of rotatable bonds is 25. The lowest BCUT2D eigenvalue weighted by Crippen LogP contribution is -2.56. The van der Waals surface area contributed by atoms with Crippen molar-refractivity contribution in [2.75, 3.05) is 12.3 Å². The van der Waals surface area contributed by atoms with Gasteiger partial charge in [-0.2, -0.15) is 11.8 Å². The van der Waals surface area contributed by atoms with E-state index < -0.39 is 59.8 Å². The fraction of sp³-hybridized carbons (Fsp3) is 0.511. The number of aliphatic imine (C=N–C) groups is 2. The van der Waals surface area contributed by atoms with Gasteiger partial charge in [0.2, 0.25) is 17.7 Å². The van der Waals surface area contributed by atoms with E-state index in [0.29, 0.717) is 46.1 Å². The van der Waals surface area contributed by atoms with Crippen LogP contribution in [0.3, 0.4) is 0 Å². The topological polar surface area (TPSA) is 351 Å². The van der Waals surface area contributed by atoms with Crippen molar-refractivity contribution in [2.45, 2.75) is 136 Å². The maximum atomic E-state index is 13.4. The van der Waals surface area contributed by atoms with E-state index in [2.05, 4.69) is 35.9 Å². The van der Waals surface area contributed by atoms with Crippen LogP contribution in [0.1, 0.15) is 107 Å². The highest BCUT2D eigenvalue weighted by Gasteiger charge is 2.35. The SMILES string of the molecule is CCC1=C(C)C(C=c2[nH]c(=Cc3[nH]c(CC4NC(=O)C(C)=C4C(C)SCC(N)C(=O)NC(C(=O)NC(CCCN=C(N)N)C(=O)O)C(C)C)c(C)c3CCC(=O)O)c(CCC(=O)O)c2C)=NC1=O. The van der Waals surface area contributed by atoms with Crippen LogP contribution >= 0.6 is 11.8 Å². The van der Waals surface area contributed by atoms with E-state index in [1.807, 2.05) is 40.7 Å². The van der Waals surface area contributed by atoms with Gasteiger partial charge in [0.15, 0.2) is 5.96 Å². The van der Waals surface area contributed by atoms with Gasteiger partial charge in [-0.3, -0.25) is 33.8 Å². The number of aromatic amines is 2. The average Bonchev–Trinajstić information content (AvgIpc) is 3.91. The predicted octanol–water partition coefficient (Wildman–Crippen LogP) is 0.881. The number of nitrogens with one attached hydrogen (secondary N) is 5. The van der Waals surface area contributed by atoms with Gasteiger partial charge in [-0.15, -0.1) is 0 Å². The molecule has 0 spiro atoms. The summed E-state index contributed by atoms with van der Waals surface area (Å²) in [5, 5.41) is 38.2. The number of carboxylic acid groups (broad SMARTS) is 3. The second-order valence-electron chi connectivity index (χ2n) is 17.5. The Balaban J connectivity index is 1.58. The summed E-state index contributed by atoms with van der Waals surface area (Å²) in [5.41, 5.74) is 24.7. The van der Waals surface area contributed by atoms with Crippen LogP contribution < -0.4 is 43.8 Å². The maximum Gasteiger partial charge on any atom is 0.326 e. The molecule has 0 saturated carbocycles. The number of aliphatic carboxylic acids is 3. The first kappa shape index (κ1) is 54.1. The number of carboxylic acids is 3. The molecule has 2 aromatic heterocycles. The van der Waals surface area contributed by atoms with Gasteiger partial charge in [0.05, 0.1) is 17.8 Å². The Morgan fingerprint density at radius 2 is 1.51 bits per heavy atom. The molecule has 4 amide bonds. The molecule has 0 radical (unpaired) electrons. The van der Waals surface area contributed by atoms with Crippen LogP contribution in [0, 0.1) is 19.8 Å². The molecular weight excluding hydrogens is 897 g/mol. The molecule has 0 fully saturated rings. The number of guanidine groups is 1. The number of hydrogen-bond acceptors (Lipinski definition) is 10. The number of carbonyl (C=O) groups excluding carboxylic acids is 4. The Morgan fingerprint density at radius 1 is 0.868 bits per heavy atom. The molecule has 14 N–H and O–H groups in total. The first-order valence-corrected chi connectivity index (χ1v) is 23.7. The number of nitrogens with zero attached hydrogens (tertiary/aromatic N) is 2. The minimum absolute atomic E-state index is 0.0532. The van der Waals surface area contributed by atoms with Crippen LogP contribution in [-0.2, 0) is 52.8 Å². The normalized spacial score (nSPS) is 17.3. The molecule has 0 aliphatic carbocycles. The molecule has 4 rings (SSSR count). The fourth-order valence-corrected chi connectivity index (χ4v) is 9.60. The Labute approximate surface area is 398 Å². The van der Waals surface area contributed by atoms with E-state index in [9.17, 15) is 48.9 Å². The lowest BCUT2D eigenvalue weighted by atomic mass is 9.96. The van der Waals surface area contributed by atoms with Crippen LogP contribution in [0.4, 0.5) is 0 Å². The highest BCUT2D eigenvalue weighted by molar-refractivity contribution is 8.00. The summed E-state index contributed by atoms with van der Waals surface area (Å²) in [5.74, 6) is -5.50. The second kappa shape index (κ2) is 24.0. The lowest BCUT2D eigenvalue weighted by molar-refractivity contribution is -0.142. The first-order chi connectivity index (χ1) is 31.9. The zero-order valence-corrected chi connectivity index (χ0v) is 40.7. The quantitative estimate of drug-likeness (QED) is 0.0374. The molecule has 370 valence electrons. The molecular formula is C47H66N10O10S. The van der Waals surface area contributed by atoms with Crippen LogP contribution in [0.15, 0.2) is 32.3 Å². The number of carbonyl (C=O) groups is 7. The zero-order chi connectivity index (χ0) is 50.7. The van der Waals surface area contributed by atoms with Crippen molar-refractivity contribution in [1.29, 1.82) is 0 Å². The van der Waals surface area contributed by atoms with E-state index in [1.54, 1.807) is 26.8 Å². The number of allylic oxidation sites excluding steroid dienone is 1. The van der Waals surface area contributed by atoms with Crippen molar-refractivity contribution in [3.63, 3.8) is 0 Å². The molecule has 2 aliphatic heterocycles. The van der Waals surface area contributed by atoms with Gasteiger partial charge in [-0.05, 0) is 118 Å². The summed E-state index contributed by atoms with van der Waals surface area (Å²) in [6, 6.07) is -3.88. The Bertz CT molecular complexity index is 2560. The van der Waals surface area contributed by atoms with Crippen molar-refractivity contribution in [3.8, 4) is 0 Å². The van der Waals surface area contributed by atoms with Gasteiger partial charge in [0.25, 0.3) is 5.91 Å². The number of nitrogens with two attached hydrogens (primary N) is 3. The third-order valence-corrected chi connectivity index (χ3v) is 13.7. The smallest absolute Gasteiger partial charge is 0.326 e. The molecule has 68 heavy (non-hydrogen) atoms. The summed E-state index contributed by atoms with van der Waals surface area (Å²) >= 11 is 1.35. The summed E-state index contributed by atoms with van der Waals surface area (Å²) < 4.78 is 0. The average molecular weight is 963 g/mol. The van der Waals surface area contributed by atoms with E-state index in [4.69, 9.17) is 17.2 Å². The lowest BCUT2D eigenvalue weighted by Gasteiger charge is -2.26. The number of hydrogen-bond donors (Lipinski definition) is 11. The third kappa shape index (κ3) is 13.8. The second-order valence-corrected chi connectivity index (χ2v) is 18.9. The van der Waals surface area contributed by atoms with E-state index in [0.717, 1.165) is 39.1 Å². The van der Waals surface area contributed by atoms with Crippen LogP contribution in [0.5, 0.6) is 0 Å². The van der Waals surface area contributed by atoms with Crippen molar-refractivity contribution < 1.29 is 48.9 Å². The molecule has 0 bridgehead atoms. The Morgan fingerprint density at radius 3 is 2.09 bits per heavy atom. The van der Waals surface area contributed by atoms with Crippen molar-refractivity contribution in [1.82, 2.24) is 25.9 Å². The van der Waals surface area contributed by atoms with Crippen molar-refractivity contribution >= 4 is 77.1 Å². The van der Waals surface area contributed by atoms with Crippen molar-refractivity contribution in [3.05, 3.63) is 66.6 Å². The van der Waals surface area contributed by atoms with Gasteiger partial charge in [0.1, 0.15) is 12.1 Å². The molecule has 2 aromatic rings. The van der Waals surface area contributed by atoms with Gasteiger partial charge in [-0.1, -0.05) is 20.8 Å². The molecule has 21 heteroatoms. The number of thioether (sulfide) groups is 1. The summed E-state index contributed by atoms with van der Waals surface area (Å²) in [6.07, 6.45) is 4.88. The van der Waals surface area contributed by atoms with Gasteiger partial charge in [-0.25, -0.2) is 9.79 Å². The summed E-state index contributed by atoms with van der Waals surface area (Å²) in [6.45, 7) is 14.7. The standard InChI is InChI=1S/C47H66N10O10S/c1-9-27-22(4)34(55-43(27)63)17-32-23(5)28(12-14-38(58)59)35(52-32)19-36-29(13-15-39(60)61)24(6)33(53-36)18-37-40(25(7)42(62)56-37)26(8)68-20-30(48)44(64)57-41(21(2)3)45(65)54-31(46(66)67)11-10-16-51-47(49)50/h17,19,21,26,30-31,37,41,52-53H,9-16,18,20,48H2,1-8H3,(H,54,65)(H,56,62)(H,57,64)(H,58,59)(H,60,61)(H,66,67)(H4,49,50,51). The van der Waals surface area contributed by atoms with Gasteiger partial charge >= 0.3 is 17.9 Å². The van der Waals surface area contributed by atoms with Crippen LogP contribution in [-0.4, -0.2) is 120 Å². The largest absolute Gasteiger partial charge is 0.481 e. The number of aromatic nitrogens is 2. The highest BCUT2D eigenvalue weighted by atomic mass is 32.2. The molecule has 4 heterocycles. The minimum atomic E-state index is -1.25. The van der Waals surface area contributed by atoms with Gasteiger partial charge < -0.3 is 58.4 Å². The van der Waals surface area contributed by atoms with Gasteiger partial charge in [0, 0.05) is 70.0 Å². The summed E-state index contributed by atoms with van der Waals surface area (Å²) in [7, 11) is 0. The predicted molar refractivity (Wildman–Crippen MR) is 260 cm³/mol.